The molecule has 2 aromatic heterocycles. The third-order valence-corrected chi connectivity index (χ3v) is 1.96. The van der Waals surface area contributed by atoms with Crippen molar-refractivity contribution in [2.45, 2.75) is 0 Å². The number of nitrogens with zero attached hydrogens (tertiary/aromatic N) is 2. The predicted molar refractivity (Wildman–Crippen MR) is 47.3 cm³/mol. The summed E-state index contributed by atoms with van der Waals surface area (Å²) in [4.78, 5) is 11.4. The Morgan fingerprint density at radius 3 is 2.83 bits per heavy atom. The third-order valence-electron chi connectivity index (χ3n) is 1.96. The summed E-state index contributed by atoms with van der Waals surface area (Å²) in [7, 11) is 1.72. The van der Waals surface area contributed by atoms with E-state index in [2.05, 4.69) is 0 Å². The van der Waals surface area contributed by atoms with E-state index in [1.807, 2.05) is 6.07 Å². The van der Waals surface area contributed by atoms with E-state index in [-0.39, 0.29) is 5.56 Å². The van der Waals surface area contributed by atoms with Crippen LogP contribution in [0, 0.1) is 0 Å². The van der Waals surface area contributed by atoms with Crippen molar-refractivity contribution < 1.29 is 0 Å². The molecule has 0 amide bonds. The molecule has 0 fully saturated rings. The van der Waals surface area contributed by atoms with Gasteiger partial charge in [-0.2, -0.15) is 0 Å². The zero-order chi connectivity index (χ0) is 8.72. The van der Waals surface area contributed by atoms with E-state index in [1.54, 1.807) is 25.5 Å². The molecule has 2 aromatic rings. The van der Waals surface area contributed by atoms with Crippen LogP contribution in [0.3, 0.4) is 0 Å². The van der Waals surface area contributed by atoms with E-state index in [9.17, 15) is 4.79 Å². The topological polar surface area (TPSA) is 52.9 Å². The number of nitrogen functional groups attached to an aromatic ring is 1. The molecule has 0 radical (unpaired) electrons. The van der Waals surface area contributed by atoms with Gasteiger partial charge in [0.05, 0.1) is 10.9 Å². The van der Waals surface area contributed by atoms with Gasteiger partial charge < -0.3 is 10.4 Å². The number of hydrogen-bond acceptors (Lipinski definition) is 2. The highest BCUT2D eigenvalue weighted by Crippen LogP contribution is 2.06. The van der Waals surface area contributed by atoms with Gasteiger partial charge in [0.15, 0.2) is 0 Å². The predicted octanol–water partition coefficient (Wildman–Crippen LogP) is 0.0538. The van der Waals surface area contributed by atoms with Gasteiger partial charge in [-0.15, -0.1) is 0 Å². The Kier molecular flexibility index (Phi) is 1.24. The van der Waals surface area contributed by atoms with Crippen LogP contribution >= 0.6 is 0 Å². The lowest BCUT2D eigenvalue weighted by molar-refractivity contribution is 0.871. The molecule has 0 saturated heterocycles. The standard InChI is InChI=1S/C8H9N3O/c1-10-4-3-7-6(8(10)12)2-5-11(7)9/h2-5H,9H2,1H3. The smallest absolute Gasteiger partial charge is 0.259 e. The number of nitrogens with two attached hydrogens (primary N) is 1. The highest BCUT2D eigenvalue weighted by Gasteiger charge is 2.02. The van der Waals surface area contributed by atoms with Gasteiger partial charge in [-0.3, -0.25) is 9.47 Å². The number of aromatic nitrogens is 2. The molecule has 12 heavy (non-hydrogen) atoms. The third kappa shape index (κ3) is 0.747. The Hall–Kier alpha value is -1.71. The first-order valence-corrected chi connectivity index (χ1v) is 3.62. The maximum atomic E-state index is 11.4. The maximum Gasteiger partial charge on any atom is 0.259 e. The Balaban J connectivity index is 3.03. The highest BCUT2D eigenvalue weighted by molar-refractivity contribution is 5.78. The van der Waals surface area contributed by atoms with Gasteiger partial charge in [-0.05, 0) is 12.1 Å². The fourth-order valence-corrected chi connectivity index (χ4v) is 1.26. The molecule has 0 aliphatic heterocycles. The molecule has 0 aromatic carbocycles. The first kappa shape index (κ1) is 6.97. The zero-order valence-corrected chi connectivity index (χ0v) is 6.69. The van der Waals surface area contributed by atoms with E-state index >= 15 is 0 Å². The number of fused-ring (bicyclic) bond motifs is 1. The summed E-state index contributed by atoms with van der Waals surface area (Å²) in [6.45, 7) is 0. The molecule has 0 aliphatic rings. The molecule has 62 valence electrons. The lowest BCUT2D eigenvalue weighted by Crippen LogP contribution is -2.16. The minimum absolute atomic E-state index is 0.0169. The molecule has 2 heterocycles. The van der Waals surface area contributed by atoms with Gasteiger partial charge in [0.2, 0.25) is 0 Å². The van der Waals surface area contributed by atoms with Crippen LogP contribution in [0.25, 0.3) is 10.9 Å². The van der Waals surface area contributed by atoms with Crippen molar-refractivity contribution in [3.05, 3.63) is 34.9 Å². The molecule has 4 nitrogen and oxygen atoms in total. The van der Waals surface area contributed by atoms with Crippen LogP contribution in [-0.4, -0.2) is 9.24 Å². The van der Waals surface area contributed by atoms with Crippen molar-refractivity contribution in [1.82, 2.24) is 9.24 Å². The first-order chi connectivity index (χ1) is 5.70. The van der Waals surface area contributed by atoms with Gasteiger partial charge in [-0.1, -0.05) is 0 Å². The molecule has 2 N–H and O–H groups in total. The van der Waals surface area contributed by atoms with E-state index in [0.717, 1.165) is 5.52 Å². The van der Waals surface area contributed by atoms with E-state index in [1.165, 1.54) is 9.24 Å². The minimum atomic E-state index is -0.0169. The van der Waals surface area contributed by atoms with Crippen molar-refractivity contribution in [2.24, 2.45) is 7.05 Å². The summed E-state index contributed by atoms with van der Waals surface area (Å²) < 4.78 is 2.97. The van der Waals surface area contributed by atoms with E-state index in [4.69, 9.17) is 5.84 Å². The maximum absolute atomic E-state index is 11.4. The summed E-state index contributed by atoms with van der Waals surface area (Å²) in [6.07, 6.45) is 3.38. The lowest BCUT2D eigenvalue weighted by atomic mass is 10.3. The fourth-order valence-electron chi connectivity index (χ4n) is 1.26. The van der Waals surface area contributed by atoms with Crippen LogP contribution in [0.15, 0.2) is 29.3 Å². The Morgan fingerprint density at radius 2 is 2.08 bits per heavy atom. The van der Waals surface area contributed by atoms with Gasteiger partial charge >= 0.3 is 0 Å². The van der Waals surface area contributed by atoms with Crippen LogP contribution in [0.4, 0.5) is 0 Å². The Morgan fingerprint density at radius 1 is 1.33 bits per heavy atom. The highest BCUT2D eigenvalue weighted by atomic mass is 16.1. The molecular formula is C8H9N3O. The van der Waals surface area contributed by atoms with Crippen molar-refractivity contribution in [3.63, 3.8) is 0 Å². The van der Waals surface area contributed by atoms with Gasteiger partial charge in [-0.25, -0.2) is 0 Å². The number of rotatable bonds is 0. The Labute approximate surface area is 68.8 Å². The molecule has 0 unspecified atom stereocenters. The van der Waals surface area contributed by atoms with Crippen molar-refractivity contribution in [3.8, 4) is 0 Å². The van der Waals surface area contributed by atoms with Crippen LogP contribution in [0.1, 0.15) is 0 Å². The summed E-state index contributed by atoms with van der Waals surface area (Å²) >= 11 is 0. The number of pyridine rings is 1. The van der Waals surface area contributed by atoms with Crippen LogP contribution in [0.5, 0.6) is 0 Å². The van der Waals surface area contributed by atoms with E-state index < -0.39 is 0 Å². The lowest BCUT2D eigenvalue weighted by Gasteiger charge is -1.97. The zero-order valence-electron chi connectivity index (χ0n) is 6.69. The molecule has 0 bridgehead atoms. The SMILES string of the molecule is Cn1ccc2c(ccn2N)c1=O. The van der Waals surface area contributed by atoms with Gasteiger partial charge in [0, 0.05) is 19.4 Å². The van der Waals surface area contributed by atoms with Crippen molar-refractivity contribution in [2.75, 3.05) is 5.84 Å². The molecule has 0 spiro atoms. The first-order valence-electron chi connectivity index (χ1n) is 3.62. The second kappa shape index (κ2) is 2.14. The average molecular weight is 163 g/mol. The second-order valence-electron chi connectivity index (χ2n) is 2.75. The van der Waals surface area contributed by atoms with Crippen LogP contribution < -0.4 is 11.4 Å². The monoisotopic (exact) mass is 163 g/mol. The second-order valence-corrected chi connectivity index (χ2v) is 2.75. The molecule has 0 saturated carbocycles. The molecule has 2 rings (SSSR count). The van der Waals surface area contributed by atoms with Gasteiger partial charge in [0.25, 0.3) is 5.56 Å². The molecular weight excluding hydrogens is 154 g/mol. The molecule has 4 heteroatoms. The molecule has 0 aliphatic carbocycles. The summed E-state index contributed by atoms with van der Waals surface area (Å²) in [5.41, 5.74) is 0.745. The number of aryl methyl sites for hydroxylation is 1. The summed E-state index contributed by atoms with van der Waals surface area (Å²) in [5.74, 6) is 5.56. The van der Waals surface area contributed by atoms with Crippen molar-refractivity contribution in [1.29, 1.82) is 0 Å². The minimum Gasteiger partial charge on any atom is -0.339 e. The van der Waals surface area contributed by atoms with Crippen molar-refractivity contribution >= 4 is 10.9 Å². The summed E-state index contributed by atoms with van der Waals surface area (Å²) in [5, 5.41) is 0.655. The largest absolute Gasteiger partial charge is 0.339 e. The van der Waals surface area contributed by atoms with Crippen LogP contribution in [-0.2, 0) is 7.05 Å². The van der Waals surface area contributed by atoms with E-state index in [0.29, 0.717) is 5.39 Å². The van der Waals surface area contributed by atoms with Gasteiger partial charge in [0.1, 0.15) is 0 Å². The average Bonchev–Trinajstić information content (AvgIpc) is 2.41. The summed E-state index contributed by atoms with van der Waals surface area (Å²) in [6, 6.07) is 3.54. The number of hydrogen-bond donors (Lipinski definition) is 1. The molecule has 0 atom stereocenters. The Bertz CT molecular complexity index is 480. The fraction of sp³-hybridized carbons (Fsp3) is 0.125. The van der Waals surface area contributed by atoms with Crippen LogP contribution in [0.2, 0.25) is 0 Å². The quantitative estimate of drug-likeness (QED) is 0.558. The normalized spacial score (nSPS) is 10.8.